The van der Waals surface area contributed by atoms with E-state index in [1.165, 1.54) is 29.5 Å². The first kappa shape index (κ1) is 12.7. The Morgan fingerprint density at radius 3 is 2.90 bits per heavy atom. The van der Waals surface area contributed by atoms with Gasteiger partial charge >= 0.3 is 0 Å². The maximum Gasteiger partial charge on any atom is 0.264 e. The summed E-state index contributed by atoms with van der Waals surface area (Å²) in [7, 11) is 0. The van der Waals surface area contributed by atoms with Crippen LogP contribution in [0, 0.1) is 12.7 Å². The number of aryl methyl sites for hydroxylation is 1. The zero-order valence-corrected chi connectivity index (χ0v) is 11.3. The van der Waals surface area contributed by atoms with Crippen LogP contribution in [-0.4, -0.2) is 20.2 Å². The molecular formula is C13H10FN3O2S. The van der Waals surface area contributed by atoms with Crippen LogP contribution in [0.4, 0.5) is 4.39 Å². The van der Waals surface area contributed by atoms with Crippen molar-refractivity contribution in [2.75, 3.05) is 0 Å². The van der Waals surface area contributed by atoms with E-state index >= 15 is 0 Å². The van der Waals surface area contributed by atoms with Gasteiger partial charge in [0.2, 0.25) is 0 Å². The molecule has 0 spiro atoms. The Hall–Kier alpha value is -2.28. The highest BCUT2D eigenvalue weighted by atomic mass is 32.1. The van der Waals surface area contributed by atoms with Gasteiger partial charge in [-0.05, 0) is 19.1 Å². The van der Waals surface area contributed by atoms with E-state index in [2.05, 4.69) is 15.1 Å². The van der Waals surface area contributed by atoms with Gasteiger partial charge in [0.1, 0.15) is 22.1 Å². The maximum atomic E-state index is 13.7. The van der Waals surface area contributed by atoms with Crippen LogP contribution in [0.2, 0.25) is 0 Å². The van der Waals surface area contributed by atoms with Gasteiger partial charge in [0.05, 0.1) is 6.42 Å². The quantitative estimate of drug-likeness (QED) is 0.803. The van der Waals surface area contributed by atoms with Gasteiger partial charge in [-0.25, -0.2) is 9.37 Å². The molecule has 0 saturated carbocycles. The molecule has 3 aromatic rings. The molecule has 0 atom stereocenters. The van der Waals surface area contributed by atoms with E-state index in [-0.39, 0.29) is 17.2 Å². The fourth-order valence-electron chi connectivity index (χ4n) is 1.77. The number of rotatable bonds is 3. The van der Waals surface area contributed by atoms with Crippen LogP contribution in [0.25, 0.3) is 11.5 Å². The molecule has 5 nitrogen and oxygen atoms in total. The molecule has 20 heavy (non-hydrogen) atoms. The summed E-state index contributed by atoms with van der Waals surface area (Å²) in [6, 6.07) is 4.00. The molecule has 0 radical (unpaired) electrons. The minimum atomic E-state index is -0.606. The normalized spacial score (nSPS) is 10.9. The van der Waals surface area contributed by atoms with E-state index in [4.69, 9.17) is 4.52 Å². The van der Waals surface area contributed by atoms with E-state index in [1.54, 1.807) is 0 Å². The number of nitrogens with zero attached hydrogens (tertiary/aromatic N) is 3. The van der Waals surface area contributed by atoms with Crippen LogP contribution in [0.15, 0.2) is 28.1 Å². The Labute approximate surface area is 117 Å². The number of aromatic hydroxyl groups is 1. The zero-order valence-electron chi connectivity index (χ0n) is 10.5. The number of hydrogen-bond donors (Lipinski definition) is 1. The Balaban J connectivity index is 1.90. The van der Waals surface area contributed by atoms with E-state index in [9.17, 15) is 9.50 Å². The average Bonchev–Trinajstić information content (AvgIpc) is 3.00. The number of halogens is 1. The second-order valence-electron chi connectivity index (χ2n) is 4.21. The first-order valence-electron chi connectivity index (χ1n) is 5.85. The monoisotopic (exact) mass is 291 g/mol. The second kappa shape index (κ2) is 5.01. The van der Waals surface area contributed by atoms with Crippen molar-refractivity contribution in [3.63, 3.8) is 0 Å². The molecule has 0 bridgehead atoms. The molecule has 0 aliphatic carbocycles. The van der Waals surface area contributed by atoms with Crippen molar-refractivity contribution >= 4 is 11.3 Å². The predicted octanol–water partition coefficient (Wildman–Crippen LogP) is 2.94. The van der Waals surface area contributed by atoms with Crippen LogP contribution in [0.1, 0.15) is 16.5 Å². The standard InChI is InChI=1S/C13H10FN3O2S/c1-7-6-20-11(15-7)5-10-16-13(19-17-10)12-8(14)3-2-4-9(12)18/h2-4,6,18H,5H2,1H3. The second-order valence-corrected chi connectivity index (χ2v) is 5.15. The van der Waals surface area contributed by atoms with Gasteiger partial charge in [0.15, 0.2) is 5.82 Å². The third kappa shape index (κ3) is 2.39. The third-order valence-electron chi connectivity index (χ3n) is 2.65. The summed E-state index contributed by atoms with van der Waals surface area (Å²) in [6.07, 6.45) is 0.414. The molecule has 0 saturated heterocycles. The van der Waals surface area contributed by atoms with E-state index in [0.29, 0.717) is 12.2 Å². The lowest BCUT2D eigenvalue weighted by Gasteiger charge is -1.99. The van der Waals surface area contributed by atoms with Gasteiger partial charge in [-0.15, -0.1) is 11.3 Å². The summed E-state index contributed by atoms with van der Waals surface area (Å²) in [5.41, 5.74) is 0.849. The van der Waals surface area contributed by atoms with Crippen molar-refractivity contribution in [2.45, 2.75) is 13.3 Å². The predicted molar refractivity (Wildman–Crippen MR) is 71.0 cm³/mol. The molecule has 0 aliphatic heterocycles. The SMILES string of the molecule is Cc1csc(Cc2noc(-c3c(O)cccc3F)n2)n1. The van der Waals surface area contributed by atoms with Crippen LogP contribution in [-0.2, 0) is 6.42 Å². The van der Waals surface area contributed by atoms with Gasteiger partial charge < -0.3 is 9.63 Å². The van der Waals surface area contributed by atoms with E-state index in [1.807, 2.05) is 12.3 Å². The van der Waals surface area contributed by atoms with Gasteiger partial charge in [-0.3, -0.25) is 0 Å². The fourth-order valence-corrected chi connectivity index (χ4v) is 2.54. The topological polar surface area (TPSA) is 72.0 Å². The lowest BCUT2D eigenvalue weighted by atomic mass is 10.2. The molecule has 2 aromatic heterocycles. The highest BCUT2D eigenvalue weighted by Gasteiger charge is 2.18. The van der Waals surface area contributed by atoms with Crippen molar-refractivity contribution in [1.82, 2.24) is 15.1 Å². The smallest absolute Gasteiger partial charge is 0.264 e. The molecule has 0 aliphatic rings. The molecular weight excluding hydrogens is 281 g/mol. The van der Waals surface area contributed by atoms with Crippen LogP contribution in [0.3, 0.4) is 0 Å². The summed E-state index contributed by atoms with van der Waals surface area (Å²) in [6.45, 7) is 1.90. The fraction of sp³-hybridized carbons (Fsp3) is 0.154. The molecule has 102 valence electrons. The molecule has 3 rings (SSSR count). The highest BCUT2D eigenvalue weighted by molar-refractivity contribution is 7.09. The first-order valence-corrected chi connectivity index (χ1v) is 6.73. The number of phenols is 1. The highest BCUT2D eigenvalue weighted by Crippen LogP contribution is 2.30. The average molecular weight is 291 g/mol. The third-order valence-corrected chi connectivity index (χ3v) is 3.62. The summed E-state index contributed by atoms with van der Waals surface area (Å²) in [4.78, 5) is 8.39. The lowest BCUT2D eigenvalue weighted by molar-refractivity contribution is 0.414. The zero-order chi connectivity index (χ0) is 14.1. The molecule has 7 heteroatoms. The van der Waals surface area contributed by atoms with Gasteiger partial charge in [-0.1, -0.05) is 11.2 Å². The molecule has 2 heterocycles. The van der Waals surface area contributed by atoms with Gasteiger partial charge in [0, 0.05) is 11.1 Å². The van der Waals surface area contributed by atoms with Crippen LogP contribution >= 0.6 is 11.3 Å². The van der Waals surface area contributed by atoms with E-state index in [0.717, 1.165) is 10.7 Å². The minimum absolute atomic E-state index is 0.0381. The van der Waals surface area contributed by atoms with Crippen LogP contribution < -0.4 is 0 Å². The number of phenolic OH excluding ortho intramolecular Hbond substituents is 1. The van der Waals surface area contributed by atoms with Crippen LogP contribution in [0.5, 0.6) is 5.75 Å². The van der Waals surface area contributed by atoms with Gasteiger partial charge in [-0.2, -0.15) is 4.98 Å². The summed E-state index contributed by atoms with van der Waals surface area (Å²) in [5, 5.41) is 16.2. The number of benzene rings is 1. The van der Waals surface area contributed by atoms with Crippen molar-refractivity contribution in [1.29, 1.82) is 0 Å². The Bertz CT molecular complexity index is 733. The van der Waals surface area contributed by atoms with Gasteiger partial charge in [0.25, 0.3) is 5.89 Å². The Kier molecular flexibility index (Phi) is 3.19. The van der Waals surface area contributed by atoms with Crippen molar-refractivity contribution < 1.29 is 14.0 Å². The minimum Gasteiger partial charge on any atom is -0.507 e. The maximum absolute atomic E-state index is 13.7. The molecule has 0 amide bonds. The Morgan fingerprint density at radius 1 is 1.35 bits per heavy atom. The lowest BCUT2D eigenvalue weighted by Crippen LogP contribution is -1.91. The van der Waals surface area contributed by atoms with Crippen molar-refractivity contribution in [2.24, 2.45) is 0 Å². The van der Waals surface area contributed by atoms with Crippen molar-refractivity contribution in [3.8, 4) is 17.2 Å². The largest absolute Gasteiger partial charge is 0.507 e. The number of hydrogen-bond acceptors (Lipinski definition) is 6. The summed E-state index contributed by atoms with van der Waals surface area (Å²) in [5.74, 6) is -0.475. The molecule has 1 N–H and O–H groups in total. The first-order chi connectivity index (χ1) is 9.63. The molecule has 0 unspecified atom stereocenters. The van der Waals surface area contributed by atoms with E-state index < -0.39 is 5.82 Å². The Morgan fingerprint density at radius 2 is 2.20 bits per heavy atom. The number of thiazole rings is 1. The molecule has 0 fully saturated rings. The van der Waals surface area contributed by atoms with Crippen molar-refractivity contribution in [3.05, 3.63) is 45.9 Å². The summed E-state index contributed by atoms with van der Waals surface area (Å²) >= 11 is 1.50. The summed E-state index contributed by atoms with van der Waals surface area (Å²) < 4.78 is 18.7. The molecule has 1 aromatic carbocycles. The number of aromatic nitrogens is 3.